The molecule has 4 rings (SSSR count). The zero-order chi connectivity index (χ0) is 58.4. The fourth-order valence-electron chi connectivity index (χ4n) is 9.73. The van der Waals surface area contributed by atoms with Crippen molar-refractivity contribution in [3.63, 3.8) is 0 Å². The minimum absolute atomic E-state index is 0.0209. The van der Waals surface area contributed by atoms with Crippen molar-refractivity contribution in [1.29, 1.82) is 0 Å². The van der Waals surface area contributed by atoms with Gasteiger partial charge in [0.15, 0.2) is 6.20 Å². The van der Waals surface area contributed by atoms with Crippen molar-refractivity contribution >= 4 is 51.5 Å². The Morgan fingerprint density at radius 1 is 0.873 bits per heavy atom. The lowest BCUT2D eigenvalue weighted by atomic mass is 9.85. The average Bonchev–Trinajstić information content (AvgIpc) is 4.14. The Bertz CT molecular complexity index is 2550. The van der Waals surface area contributed by atoms with Gasteiger partial charge in [0.1, 0.15) is 30.7 Å². The van der Waals surface area contributed by atoms with Gasteiger partial charge in [0.05, 0.1) is 34.3 Å². The summed E-state index contributed by atoms with van der Waals surface area (Å²) in [7, 11) is -1.52. The number of aliphatic hydroxyl groups excluding tert-OH is 1. The van der Waals surface area contributed by atoms with Crippen LogP contribution in [0.5, 0.6) is 0 Å². The first-order valence-electron chi connectivity index (χ1n) is 27.7. The van der Waals surface area contributed by atoms with Crippen LogP contribution >= 0.6 is 0 Å². The van der Waals surface area contributed by atoms with Crippen LogP contribution in [0, 0.1) is 28.9 Å². The molecule has 0 bridgehead atoms. The number of benzene rings is 1. The van der Waals surface area contributed by atoms with E-state index in [4.69, 9.17) is 0 Å². The number of unbranched alkanes of at least 4 members (excludes halogenated alkanes) is 3. The van der Waals surface area contributed by atoms with Crippen LogP contribution in [0.1, 0.15) is 129 Å². The number of aliphatic hydroxyl groups is 1. The van der Waals surface area contributed by atoms with Crippen LogP contribution in [0.15, 0.2) is 67.3 Å². The Balaban J connectivity index is 1.48. The molecular formula is C56H85N10O12S-. The predicted octanol–water partition coefficient (Wildman–Crippen LogP) is 2.88. The molecule has 0 aliphatic carbocycles. The number of likely N-dealkylation sites (tertiary alicyclic amines) is 1. The molecular weight excluding hydrogens is 1040 g/mol. The Kier molecular flexibility index (Phi) is 26.3. The van der Waals surface area contributed by atoms with Crippen LogP contribution in [0.3, 0.4) is 0 Å². The molecule has 6 N–H and O–H groups in total. The van der Waals surface area contributed by atoms with E-state index in [1.807, 2.05) is 71.9 Å². The number of carbonyl (C=O) groups excluding carboxylic acids is 7. The van der Waals surface area contributed by atoms with Gasteiger partial charge in [-0.3, -0.25) is 33.6 Å². The monoisotopic (exact) mass is 1120 g/mol. The van der Waals surface area contributed by atoms with E-state index in [-0.39, 0.29) is 74.8 Å². The lowest BCUT2D eigenvalue weighted by Gasteiger charge is -2.35. The van der Waals surface area contributed by atoms with Crippen LogP contribution < -0.4 is 26.0 Å². The van der Waals surface area contributed by atoms with Gasteiger partial charge in [-0.2, -0.15) is 4.73 Å². The van der Waals surface area contributed by atoms with E-state index in [1.54, 1.807) is 18.2 Å². The van der Waals surface area contributed by atoms with Crippen molar-refractivity contribution in [2.24, 2.45) is 23.7 Å². The second-order valence-electron chi connectivity index (χ2n) is 21.7. The molecule has 8 atom stereocenters. The highest BCUT2D eigenvalue weighted by atomic mass is 32.2. The average molecular weight is 1120 g/mol. The van der Waals surface area contributed by atoms with Gasteiger partial charge in [0.25, 0.3) is 0 Å². The molecule has 1 aromatic carbocycles. The second-order valence-corrected chi connectivity index (χ2v) is 23.3. The quantitative estimate of drug-likeness (QED) is 0.0222. The maximum atomic E-state index is 14.9. The molecule has 0 radical (unpaired) electrons. The van der Waals surface area contributed by atoms with E-state index in [0.29, 0.717) is 74.0 Å². The SMILES string of the molecule is CC[C@H](C)[C@H](NC(=O)[C@@H](CC(O)[C@H](CC(C)C)NC(=O)[C@H](Cc1cnc[nH]1)N(C)C(=O)[C@H](Cc1ccccc1)NC(=O)[C@@H]1CCCN1C(=O)CCCCCCC(=O)N(C)CCS(=O)(=O)[O-])C(C)C)C(=O)NCc1cccc[n+]1[O-]. The molecule has 1 unspecified atom stereocenters. The number of hydrogen-bond acceptors (Lipinski definition) is 13. The molecule has 1 fully saturated rings. The van der Waals surface area contributed by atoms with E-state index >= 15 is 0 Å². The number of hydrogen-bond donors (Lipinski definition) is 6. The number of nitrogens with one attached hydrogen (secondary N) is 5. The number of pyridine rings is 1. The van der Waals surface area contributed by atoms with E-state index < -0.39 is 87.6 Å². The van der Waals surface area contributed by atoms with Crippen molar-refractivity contribution in [1.82, 2.24) is 45.9 Å². The first-order chi connectivity index (χ1) is 37.4. The highest BCUT2D eigenvalue weighted by Gasteiger charge is 2.40. The van der Waals surface area contributed by atoms with E-state index in [0.717, 1.165) is 5.56 Å². The first-order valence-corrected chi connectivity index (χ1v) is 29.3. The van der Waals surface area contributed by atoms with E-state index in [2.05, 4.69) is 31.2 Å². The molecule has 2 aromatic heterocycles. The largest absolute Gasteiger partial charge is 0.748 e. The van der Waals surface area contributed by atoms with Crippen molar-refractivity contribution < 1.29 is 56.4 Å². The highest BCUT2D eigenvalue weighted by Crippen LogP contribution is 2.25. The molecule has 1 aliphatic rings. The molecule has 1 aliphatic heterocycles. The Hall–Kier alpha value is -6.46. The molecule has 0 spiro atoms. The molecule has 3 aromatic rings. The normalized spacial score (nSPS) is 16.3. The first kappa shape index (κ1) is 65.1. The lowest BCUT2D eigenvalue weighted by molar-refractivity contribution is -0.614. The summed E-state index contributed by atoms with van der Waals surface area (Å²) in [6, 6.07) is 8.89. The predicted molar refractivity (Wildman–Crippen MR) is 295 cm³/mol. The maximum Gasteiger partial charge on any atom is 0.245 e. The Morgan fingerprint density at radius 3 is 2.18 bits per heavy atom. The van der Waals surface area contributed by atoms with Crippen LogP contribution in [-0.4, -0.2) is 153 Å². The third kappa shape index (κ3) is 21.3. The summed E-state index contributed by atoms with van der Waals surface area (Å²) in [6.07, 6.45) is 7.43. The summed E-state index contributed by atoms with van der Waals surface area (Å²) in [5.41, 5.74) is 1.59. The Labute approximate surface area is 466 Å². The number of H-pyrrole nitrogens is 1. The molecule has 7 amide bonds. The fraction of sp³-hybridized carbons (Fsp3) is 0.625. The molecule has 438 valence electrons. The minimum atomic E-state index is -4.44. The van der Waals surface area contributed by atoms with Crippen molar-refractivity contribution in [2.75, 3.05) is 32.9 Å². The molecule has 3 heterocycles. The molecule has 0 saturated carbocycles. The van der Waals surface area contributed by atoms with Gasteiger partial charge in [-0.25, -0.2) is 13.4 Å². The molecule has 22 nitrogen and oxygen atoms in total. The van der Waals surface area contributed by atoms with Crippen LogP contribution in [-0.2, 0) is 63.1 Å². The number of nitrogens with zero attached hydrogens (tertiary/aromatic N) is 5. The number of imidazole rings is 1. The van der Waals surface area contributed by atoms with Crippen molar-refractivity contribution in [2.45, 2.75) is 168 Å². The topological polar surface area (TPSA) is 310 Å². The standard InChI is InChI=1S/C56H86N10O12S/c1-9-39(6)51(55(73)58-35-42-22-17-18-27-66(42)75)62-52(70)43(38(4)5)33-48(67)44(30-37(2)3)60-54(72)47(32-41-34-57-36-59-41)64(8)56(74)45(31-40-20-13-12-14-21-40)61-53(71)46-23-19-26-65(46)50(69)25-16-11-10-15-24-49(68)63(7)28-29-79(76,77)78/h12-14,17-18,20-22,27,34,36-39,43-48,51,67H,9-11,15-16,19,23-26,28-33,35H2,1-8H3,(H,57,59)(H,58,73)(H,60,72)(H,61,71)(H,62,70)(H,76,77,78)/p-1/t39-,43-,44-,45-,46-,47-,48?,51-/m0/s1. The summed E-state index contributed by atoms with van der Waals surface area (Å²) in [4.78, 5) is 109. The summed E-state index contributed by atoms with van der Waals surface area (Å²) < 4.78 is 33.5. The van der Waals surface area contributed by atoms with Gasteiger partial charge in [-0.15, -0.1) is 0 Å². The van der Waals surface area contributed by atoms with Gasteiger partial charge in [0, 0.05) is 82.8 Å². The number of aromatic nitrogens is 3. The van der Waals surface area contributed by atoms with Crippen LogP contribution in [0.4, 0.5) is 0 Å². The fourth-order valence-corrected chi connectivity index (χ4v) is 10.2. The van der Waals surface area contributed by atoms with Crippen molar-refractivity contribution in [3.8, 4) is 0 Å². The second kappa shape index (κ2) is 32.0. The van der Waals surface area contributed by atoms with E-state index in [1.165, 1.54) is 47.5 Å². The number of rotatable bonds is 33. The van der Waals surface area contributed by atoms with Crippen molar-refractivity contribution in [3.05, 3.63) is 89.4 Å². The van der Waals surface area contributed by atoms with Gasteiger partial charge in [0.2, 0.25) is 47.0 Å². The molecule has 79 heavy (non-hydrogen) atoms. The number of aromatic amines is 1. The minimum Gasteiger partial charge on any atom is -0.748 e. The maximum absolute atomic E-state index is 14.9. The number of likely N-dealkylation sites (N-methyl/N-ethyl adjacent to an activating group) is 1. The molecule has 1 saturated heterocycles. The van der Waals surface area contributed by atoms with Gasteiger partial charge < -0.3 is 55.8 Å². The number of amides is 7. The summed E-state index contributed by atoms with van der Waals surface area (Å²) >= 11 is 0. The van der Waals surface area contributed by atoms with Crippen LogP contribution in [0.2, 0.25) is 0 Å². The summed E-state index contributed by atoms with van der Waals surface area (Å²) in [5.74, 6) is -5.19. The lowest BCUT2D eigenvalue weighted by Crippen LogP contribution is -2.59. The zero-order valence-electron chi connectivity index (χ0n) is 47.2. The van der Waals surface area contributed by atoms with Gasteiger partial charge in [-0.1, -0.05) is 91.1 Å². The van der Waals surface area contributed by atoms with Gasteiger partial charge >= 0.3 is 0 Å². The van der Waals surface area contributed by atoms with Crippen LogP contribution in [0.25, 0.3) is 0 Å². The third-order valence-corrected chi connectivity index (χ3v) is 15.5. The highest BCUT2D eigenvalue weighted by molar-refractivity contribution is 7.85. The van der Waals surface area contributed by atoms with E-state index in [9.17, 15) is 56.8 Å². The third-order valence-electron chi connectivity index (χ3n) is 14.8. The van der Waals surface area contributed by atoms with Gasteiger partial charge in [-0.05, 0) is 67.9 Å². The number of carbonyl (C=O) groups is 7. The Morgan fingerprint density at radius 2 is 1.56 bits per heavy atom. The smallest absolute Gasteiger partial charge is 0.245 e. The zero-order valence-corrected chi connectivity index (χ0v) is 48.0. The summed E-state index contributed by atoms with van der Waals surface area (Å²) in [6.45, 7) is 11.4. The summed E-state index contributed by atoms with van der Waals surface area (Å²) in [5, 5.41) is 36.0. The molecule has 23 heteroatoms.